The van der Waals surface area contributed by atoms with Crippen LogP contribution >= 0.6 is 11.8 Å². The SMILES string of the molecule is C[C@@H]1CCCC[C@@H]1N1C(=O)/C(=C/c2ccccc2)SC1Nc1ccccc1. The molecule has 1 N–H and O–H groups in total. The molecular weight excluding hydrogens is 352 g/mol. The van der Waals surface area contributed by atoms with Crippen molar-refractivity contribution in [2.24, 2.45) is 5.92 Å². The summed E-state index contributed by atoms with van der Waals surface area (Å²) in [5.41, 5.74) is 2.07. The number of hydrogen-bond acceptors (Lipinski definition) is 3. The summed E-state index contributed by atoms with van der Waals surface area (Å²) >= 11 is 1.64. The highest BCUT2D eigenvalue weighted by atomic mass is 32.2. The first-order valence-electron chi connectivity index (χ1n) is 9.80. The molecule has 140 valence electrons. The lowest BCUT2D eigenvalue weighted by Gasteiger charge is -2.39. The van der Waals surface area contributed by atoms with Crippen molar-refractivity contribution in [3.05, 3.63) is 71.1 Å². The zero-order valence-electron chi connectivity index (χ0n) is 15.7. The third-order valence-electron chi connectivity index (χ3n) is 5.52. The summed E-state index contributed by atoms with van der Waals surface area (Å²) in [6, 6.07) is 20.6. The molecule has 0 radical (unpaired) electrons. The smallest absolute Gasteiger partial charge is 0.262 e. The van der Waals surface area contributed by atoms with Crippen LogP contribution in [0.3, 0.4) is 0 Å². The van der Waals surface area contributed by atoms with E-state index in [9.17, 15) is 4.79 Å². The monoisotopic (exact) mass is 378 g/mol. The summed E-state index contributed by atoms with van der Waals surface area (Å²) in [4.78, 5) is 16.3. The Balaban J connectivity index is 1.64. The van der Waals surface area contributed by atoms with Crippen LogP contribution < -0.4 is 5.32 Å². The van der Waals surface area contributed by atoms with Crippen molar-refractivity contribution >= 4 is 29.4 Å². The molecular formula is C23H26N2OS. The lowest BCUT2D eigenvalue weighted by Crippen LogP contribution is -2.48. The maximum absolute atomic E-state index is 13.4. The standard InChI is InChI=1S/C23H26N2OS/c1-17-10-8-9-15-20(17)25-22(26)21(16-18-11-4-2-5-12-18)27-23(25)24-19-13-6-3-7-14-19/h2-7,11-14,16-17,20,23-24H,8-10,15H2,1H3/b21-16-/t17-,20+,23?/m1/s1. The molecule has 2 aromatic rings. The van der Waals surface area contributed by atoms with Gasteiger partial charge in [0.25, 0.3) is 5.91 Å². The van der Waals surface area contributed by atoms with E-state index in [-0.39, 0.29) is 11.4 Å². The molecule has 1 unspecified atom stereocenters. The van der Waals surface area contributed by atoms with E-state index in [1.165, 1.54) is 19.3 Å². The Bertz CT molecular complexity index is 806. The van der Waals surface area contributed by atoms with Gasteiger partial charge in [-0.3, -0.25) is 4.79 Å². The Hall–Kier alpha value is -2.20. The first-order chi connectivity index (χ1) is 13.2. The molecule has 4 rings (SSSR count). The van der Waals surface area contributed by atoms with Gasteiger partial charge in [0.15, 0.2) is 5.50 Å². The molecule has 2 fully saturated rings. The maximum atomic E-state index is 13.4. The number of rotatable bonds is 4. The molecule has 3 nitrogen and oxygen atoms in total. The van der Waals surface area contributed by atoms with Gasteiger partial charge in [-0.1, -0.05) is 80.1 Å². The average Bonchev–Trinajstić information content (AvgIpc) is 2.99. The molecule has 1 heterocycles. The van der Waals surface area contributed by atoms with Gasteiger partial charge in [0.2, 0.25) is 0 Å². The minimum Gasteiger partial charge on any atom is -0.356 e. The second-order valence-corrected chi connectivity index (χ2v) is 8.56. The molecule has 4 heteroatoms. The molecule has 3 atom stereocenters. The molecule has 0 spiro atoms. The number of benzene rings is 2. The van der Waals surface area contributed by atoms with Crippen LogP contribution in [0.4, 0.5) is 5.69 Å². The lowest BCUT2D eigenvalue weighted by molar-refractivity contribution is -0.129. The van der Waals surface area contributed by atoms with Gasteiger partial charge in [-0.05, 0) is 42.5 Å². The van der Waals surface area contributed by atoms with Crippen molar-refractivity contribution in [2.75, 3.05) is 5.32 Å². The largest absolute Gasteiger partial charge is 0.356 e. The Morgan fingerprint density at radius 2 is 1.67 bits per heavy atom. The number of thioether (sulfide) groups is 1. The van der Waals surface area contributed by atoms with Crippen LogP contribution in [0.25, 0.3) is 6.08 Å². The van der Waals surface area contributed by atoms with E-state index in [1.54, 1.807) is 11.8 Å². The second kappa shape index (κ2) is 8.22. The summed E-state index contributed by atoms with van der Waals surface area (Å²) in [5.74, 6) is 0.704. The number of nitrogens with zero attached hydrogens (tertiary/aromatic N) is 1. The maximum Gasteiger partial charge on any atom is 0.262 e. The average molecular weight is 379 g/mol. The van der Waals surface area contributed by atoms with Crippen LogP contribution in [-0.4, -0.2) is 22.3 Å². The van der Waals surface area contributed by atoms with Gasteiger partial charge < -0.3 is 10.2 Å². The molecule has 1 aliphatic heterocycles. The molecule has 2 aliphatic rings. The van der Waals surface area contributed by atoms with Crippen LogP contribution in [0.5, 0.6) is 0 Å². The summed E-state index contributed by atoms with van der Waals surface area (Å²) in [6.07, 6.45) is 6.81. The van der Waals surface area contributed by atoms with E-state index < -0.39 is 0 Å². The van der Waals surface area contributed by atoms with Crippen molar-refractivity contribution in [3.63, 3.8) is 0 Å². The van der Waals surface area contributed by atoms with E-state index in [1.807, 2.05) is 54.6 Å². The van der Waals surface area contributed by atoms with Crippen molar-refractivity contribution in [1.29, 1.82) is 0 Å². The van der Waals surface area contributed by atoms with Gasteiger partial charge in [0.05, 0.1) is 4.91 Å². The van der Waals surface area contributed by atoms with Gasteiger partial charge in [0.1, 0.15) is 0 Å². The molecule has 27 heavy (non-hydrogen) atoms. The van der Waals surface area contributed by atoms with Crippen molar-refractivity contribution in [2.45, 2.75) is 44.1 Å². The molecule has 1 aliphatic carbocycles. The number of hydrogen-bond donors (Lipinski definition) is 1. The quantitative estimate of drug-likeness (QED) is 0.705. The van der Waals surface area contributed by atoms with Crippen molar-refractivity contribution < 1.29 is 4.79 Å². The van der Waals surface area contributed by atoms with Crippen molar-refractivity contribution in [1.82, 2.24) is 4.90 Å². The van der Waals surface area contributed by atoms with Crippen molar-refractivity contribution in [3.8, 4) is 0 Å². The third-order valence-corrected chi connectivity index (χ3v) is 6.64. The number of nitrogens with one attached hydrogen (secondary N) is 1. The predicted octanol–water partition coefficient (Wildman–Crippen LogP) is 5.58. The van der Waals surface area contributed by atoms with Gasteiger partial charge in [-0.25, -0.2) is 0 Å². The minimum atomic E-state index is -0.0552. The number of carbonyl (C=O) groups excluding carboxylic acids is 1. The zero-order chi connectivity index (χ0) is 18.6. The normalized spacial score (nSPS) is 27.1. The van der Waals surface area contributed by atoms with Gasteiger partial charge in [0, 0.05) is 11.7 Å². The summed E-state index contributed by atoms with van der Waals surface area (Å²) in [5, 5.41) is 3.58. The summed E-state index contributed by atoms with van der Waals surface area (Å²) in [6.45, 7) is 2.29. The fourth-order valence-electron chi connectivity index (χ4n) is 4.07. The second-order valence-electron chi connectivity index (χ2n) is 7.44. The van der Waals surface area contributed by atoms with Crippen LogP contribution in [-0.2, 0) is 4.79 Å². The molecule has 0 aromatic heterocycles. The fraction of sp³-hybridized carbons (Fsp3) is 0.348. The number of amides is 1. The summed E-state index contributed by atoms with van der Waals surface area (Å²) in [7, 11) is 0. The van der Waals surface area contributed by atoms with E-state index >= 15 is 0 Å². The van der Waals surface area contributed by atoms with E-state index in [0.29, 0.717) is 12.0 Å². The highest BCUT2D eigenvalue weighted by Gasteiger charge is 2.42. The fourth-order valence-corrected chi connectivity index (χ4v) is 5.28. The van der Waals surface area contributed by atoms with Gasteiger partial charge >= 0.3 is 0 Å². The lowest BCUT2D eigenvalue weighted by atomic mass is 9.85. The Kier molecular flexibility index (Phi) is 5.53. The number of anilines is 1. The Labute approximate surface area is 165 Å². The third kappa shape index (κ3) is 4.06. The first kappa shape index (κ1) is 18.2. The van der Waals surface area contributed by atoms with E-state index in [4.69, 9.17) is 0 Å². The zero-order valence-corrected chi connectivity index (χ0v) is 16.5. The molecule has 0 bridgehead atoms. The molecule has 1 amide bonds. The Morgan fingerprint density at radius 3 is 2.37 bits per heavy atom. The van der Waals surface area contributed by atoms with Gasteiger partial charge in [-0.2, -0.15) is 0 Å². The number of para-hydroxylation sites is 1. The highest BCUT2D eigenvalue weighted by molar-refractivity contribution is 8.05. The highest BCUT2D eigenvalue weighted by Crippen LogP contribution is 2.42. The van der Waals surface area contributed by atoms with Gasteiger partial charge in [-0.15, -0.1) is 0 Å². The number of carbonyl (C=O) groups is 1. The van der Waals surface area contributed by atoms with Crippen LogP contribution in [0.15, 0.2) is 65.6 Å². The first-order valence-corrected chi connectivity index (χ1v) is 10.7. The van der Waals surface area contributed by atoms with Crippen LogP contribution in [0.1, 0.15) is 38.2 Å². The predicted molar refractivity (Wildman–Crippen MR) is 114 cm³/mol. The van der Waals surface area contributed by atoms with Crippen LogP contribution in [0.2, 0.25) is 0 Å². The molecule has 1 saturated heterocycles. The molecule has 2 aromatic carbocycles. The minimum absolute atomic E-state index is 0.0552. The van der Waals surface area contributed by atoms with Crippen LogP contribution in [0, 0.1) is 5.92 Å². The molecule has 1 saturated carbocycles. The Morgan fingerprint density at radius 1 is 1.00 bits per heavy atom. The van der Waals surface area contributed by atoms with E-state index in [2.05, 4.69) is 29.3 Å². The van der Waals surface area contributed by atoms with E-state index in [0.717, 1.165) is 22.6 Å². The summed E-state index contributed by atoms with van der Waals surface area (Å²) < 4.78 is 0. The topological polar surface area (TPSA) is 32.3 Å².